The van der Waals surface area contributed by atoms with E-state index in [0.717, 1.165) is 12.8 Å². The molecule has 0 spiro atoms. The van der Waals surface area contributed by atoms with Gasteiger partial charge in [0.25, 0.3) is 0 Å². The molecule has 1 unspecified atom stereocenters. The van der Waals surface area contributed by atoms with E-state index in [-0.39, 0.29) is 30.4 Å². The minimum atomic E-state index is -0.0624. The van der Waals surface area contributed by atoms with Crippen molar-refractivity contribution in [3.63, 3.8) is 0 Å². The fourth-order valence-corrected chi connectivity index (χ4v) is 2.66. The van der Waals surface area contributed by atoms with Gasteiger partial charge in [-0.25, -0.2) is 0 Å². The molecule has 2 rings (SSSR count). The first kappa shape index (κ1) is 14.3. The number of carbonyl (C=O) groups is 2. The van der Waals surface area contributed by atoms with E-state index < -0.39 is 0 Å². The third-order valence-corrected chi connectivity index (χ3v) is 3.81. The second-order valence-electron chi connectivity index (χ2n) is 5.16. The predicted octanol–water partition coefficient (Wildman–Crippen LogP) is -0.487. The molecule has 108 valence electrons. The molecule has 2 fully saturated rings. The Morgan fingerprint density at radius 3 is 2.68 bits per heavy atom. The Morgan fingerprint density at radius 1 is 1.37 bits per heavy atom. The minimum absolute atomic E-state index is 0.0418. The third kappa shape index (κ3) is 3.91. The number of piperidine rings is 2. The molecule has 6 heteroatoms. The van der Waals surface area contributed by atoms with Gasteiger partial charge < -0.3 is 20.1 Å². The zero-order valence-electron chi connectivity index (χ0n) is 11.1. The van der Waals surface area contributed by atoms with Gasteiger partial charge in [0.05, 0.1) is 25.2 Å². The SMILES string of the molecule is O=C1CCC(C(=O)N2CCC(OCCO)CC2)CN1. The number of hydrogen-bond acceptors (Lipinski definition) is 4. The monoisotopic (exact) mass is 270 g/mol. The van der Waals surface area contributed by atoms with Gasteiger partial charge in [0.15, 0.2) is 0 Å². The molecule has 2 aliphatic rings. The lowest BCUT2D eigenvalue weighted by molar-refractivity contribution is -0.140. The molecule has 2 N–H and O–H groups in total. The van der Waals surface area contributed by atoms with Crippen molar-refractivity contribution in [3.8, 4) is 0 Å². The van der Waals surface area contributed by atoms with Crippen LogP contribution in [0.1, 0.15) is 25.7 Å². The van der Waals surface area contributed by atoms with E-state index in [1.54, 1.807) is 0 Å². The second-order valence-corrected chi connectivity index (χ2v) is 5.16. The maximum absolute atomic E-state index is 12.3. The number of rotatable bonds is 4. The average Bonchev–Trinajstić information content (AvgIpc) is 2.46. The number of nitrogens with zero attached hydrogens (tertiary/aromatic N) is 1. The van der Waals surface area contributed by atoms with Crippen LogP contribution in [0.2, 0.25) is 0 Å². The van der Waals surface area contributed by atoms with Gasteiger partial charge in [-0.2, -0.15) is 0 Å². The number of aliphatic hydroxyl groups is 1. The molecular formula is C13H22N2O4. The molecule has 0 radical (unpaired) electrons. The van der Waals surface area contributed by atoms with Crippen LogP contribution in [0, 0.1) is 5.92 Å². The zero-order chi connectivity index (χ0) is 13.7. The Balaban J connectivity index is 1.74. The van der Waals surface area contributed by atoms with Crippen LogP contribution in [0.3, 0.4) is 0 Å². The highest BCUT2D eigenvalue weighted by molar-refractivity contribution is 5.83. The van der Waals surface area contributed by atoms with Crippen LogP contribution < -0.4 is 5.32 Å². The van der Waals surface area contributed by atoms with E-state index in [1.165, 1.54) is 0 Å². The van der Waals surface area contributed by atoms with Crippen LogP contribution in [-0.4, -0.2) is 60.8 Å². The predicted molar refractivity (Wildman–Crippen MR) is 68.4 cm³/mol. The van der Waals surface area contributed by atoms with Gasteiger partial charge in [-0.15, -0.1) is 0 Å². The standard InChI is InChI=1S/C13H22N2O4/c16-7-8-19-11-3-5-15(6-4-11)13(18)10-1-2-12(17)14-9-10/h10-11,16H,1-9H2,(H,14,17). The fourth-order valence-electron chi connectivity index (χ4n) is 2.66. The van der Waals surface area contributed by atoms with E-state index in [9.17, 15) is 9.59 Å². The summed E-state index contributed by atoms with van der Waals surface area (Å²) in [4.78, 5) is 25.2. The number of aliphatic hydroxyl groups excluding tert-OH is 1. The van der Waals surface area contributed by atoms with Crippen molar-refractivity contribution in [1.29, 1.82) is 0 Å². The van der Waals surface area contributed by atoms with Crippen LogP contribution in [0.15, 0.2) is 0 Å². The first-order valence-corrected chi connectivity index (χ1v) is 6.98. The summed E-state index contributed by atoms with van der Waals surface area (Å²) in [6.45, 7) is 2.30. The highest BCUT2D eigenvalue weighted by Crippen LogP contribution is 2.19. The van der Waals surface area contributed by atoms with Gasteiger partial charge in [0.2, 0.25) is 11.8 Å². The number of hydrogen-bond donors (Lipinski definition) is 2. The highest BCUT2D eigenvalue weighted by atomic mass is 16.5. The summed E-state index contributed by atoms with van der Waals surface area (Å²) < 4.78 is 5.47. The lowest BCUT2D eigenvalue weighted by Crippen LogP contribution is -2.48. The molecule has 2 heterocycles. The summed E-state index contributed by atoms with van der Waals surface area (Å²) in [6.07, 6.45) is 2.91. The molecule has 0 aromatic carbocycles. The maximum Gasteiger partial charge on any atom is 0.227 e. The van der Waals surface area contributed by atoms with Crippen molar-refractivity contribution in [2.45, 2.75) is 31.8 Å². The Labute approximate surface area is 113 Å². The van der Waals surface area contributed by atoms with E-state index >= 15 is 0 Å². The lowest BCUT2D eigenvalue weighted by atomic mass is 9.96. The molecule has 0 saturated carbocycles. The number of nitrogens with one attached hydrogen (secondary N) is 1. The van der Waals surface area contributed by atoms with Gasteiger partial charge >= 0.3 is 0 Å². The van der Waals surface area contributed by atoms with Crippen molar-refractivity contribution in [2.75, 3.05) is 32.8 Å². The second kappa shape index (κ2) is 6.86. The zero-order valence-corrected chi connectivity index (χ0v) is 11.1. The molecule has 1 atom stereocenters. The van der Waals surface area contributed by atoms with E-state index in [4.69, 9.17) is 9.84 Å². The molecular weight excluding hydrogens is 248 g/mol. The summed E-state index contributed by atoms with van der Waals surface area (Å²) in [5.74, 6) is 0.133. The number of likely N-dealkylation sites (tertiary alicyclic amines) is 1. The molecule has 0 aliphatic carbocycles. The maximum atomic E-state index is 12.3. The minimum Gasteiger partial charge on any atom is -0.394 e. The van der Waals surface area contributed by atoms with Crippen LogP contribution in [0.5, 0.6) is 0 Å². The third-order valence-electron chi connectivity index (χ3n) is 3.81. The molecule has 0 bridgehead atoms. The first-order valence-electron chi connectivity index (χ1n) is 6.98. The van der Waals surface area contributed by atoms with E-state index in [2.05, 4.69) is 5.32 Å². The Hall–Kier alpha value is -1.14. The topological polar surface area (TPSA) is 78.9 Å². The van der Waals surface area contributed by atoms with Crippen molar-refractivity contribution >= 4 is 11.8 Å². The smallest absolute Gasteiger partial charge is 0.227 e. The Morgan fingerprint density at radius 2 is 2.11 bits per heavy atom. The normalized spacial score (nSPS) is 25.2. The van der Waals surface area contributed by atoms with Gasteiger partial charge in [0, 0.05) is 26.1 Å². The molecule has 0 aromatic heterocycles. The van der Waals surface area contributed by atoms with Crippen LogP contribution in [0.4, 0.5) is 0 Å². The van der Waals surface area contributed by atoms with Crippen LogP contribution >= 0.6 is 0 Å². The summed E-state index contributed by atoms with van der Waals surface area (Å²) in [6, 6.07) is 0. The molecule has 19 heavy (non-hydrogen) atoms. The molecule has 0 aromatic rings. The molecule has 6 nitrogen and oxygen atoms in total. The molecule has 2 amide bonds. The van der Waals surface area contributed by atoms with Gasteiger partial charge in [-0.05, 0) is 19.3 Å². The summed E-state index contributed by atoms with van der Waals surface area (Å²) in [5, 5.41) is 11.5. The fraction of sp³-hybridized carbons (Fsp3) is 0.846. The highest BCUT2D eigenvalue weighted by Gasteiger charge is 2.30. The van der Waals surface area contributed by atoms with Crippen molar-refractivity contribution < 1.29 is 19.4 Å². The number of amides is 2. The van der Waals surface area contributed by atoms with E-state index in [1.807, 2.05) is 4.90 Å². The van der Waals surface area contributed by atoms with E-state index in [0.29, 0.717) is 39.1 Å². The largest absolute Gasteiger partial charge is 0.394 e. The Kier molecular flexibility index (Phi) is 5.15. The number of ether oxygens (including phenoxy) is 1. The Bertz CT molecular complexity index is 317. The summed E-state index contributed by atoms with van der Waals surface area (Å²) >= 11 is 0. The lowest BCUT2D eigenvalue weighted by Gasteiger charge is -2.35. The van der Waals surface area contributed by atoms with Crippen molar-refractivity contribution in [3.05, 3.63) is 0 Å². The summed E-state index contributed by atoms with van der Waals surface area (Å²) in [7, 11) is 0. The van der Waals surface area contributed by atoms with Gasteiger partial charge in [-0.3, -0.25) is 9.59 Å². The van der Waals surface area contributed by atoms with Crippen LogP contribution in [0.25, 0.3) is 0 Å². The van der Waals surface area contributed by atoms with Crippen molar-refractivity contribution in [2.24, 2.45) is 5.92 Å². The molecule has 2 saturated heterocycles. The van der Waals surface area contributed by atoms with Gasteiger partial charge in [-0.1, -0.05) is 0 Å². The number of carbonyl (C=O) groups excluding carboxylic acids is 2. The summed E-state index contributed by atoms with van der Waals surface area (Å²) in [5.41, 5.74) is 0. The average molecular weight is 270 g/mol. The molecule has 2 aliphatic heterocycles. The van der Waals surface area contributed by atoms with Gasteiger partial charge in [0.1, 0.15) is 0 Å². The first-order chi connectivity index (χ1) is 9.20. The quantitative estimate of drug-likeness (QED) is 0.723. The van der Waals surface area contributed by atoms with Crippen molar-refractivity contribution in [1.82, 2.24) is 10.2 Å². The van der Waals surface area contributed by atoms with Crippen LogP contribution in [-0.2, 0) is 14.3 Å².